The van der Waals surface area contributed by atoms with Gasteiger partial charge in [0.15, 0.2) is 17.3 Å². The molecule has 4 rings (SSSR count). The van der Waals surface area contributed by atoms with Gasteiger partial charge in [-0.05, 0) is 30.3 Å². The second kappa shape index (κ2) is 5.58. The Hall–Kier alpha value is -3.55. The molecule has 120 valence electrons. The number of rotatable bonds is 4. The Kier molecular flexibility index (Phi) is 3.27. The minimum Gasteiger partial charge on any atom is -0.454 e. The molecule has 1 aliphatic heterocycles. The lowest BCUT2D eigenvalue weighted by Gasteiger charge is -2.06. The number of aromatic nitrogens is 3. The molecule has 0 aliphatic carbocycles. The summed E-state index contributed by atoms with van der Waals surface area (Å²) in [5, 5.41) is 9.65. The van der Waals surface area contributed by atoms with Gasteiger partial charge >= 0.3 is 0 Å². The minimum absolute atomic E-state index is 0.231. The Morgan fingerprint density at radius 3 is 2.88 bits per heavy atom. The molecule has 4 N–H and O–H groups in total. The lowest BCUT2D eigenvalue weighted by molar-refractivity contribution is 0.0995. The number of carbonyl (C=O) groups excluding carboxylic acids is 1. The molecule has 3 heterocycles. The first kappa shape index (κ1) is 14.1. The highest BCUT2D eigenvalue weighted by molar-refractivity contribution is 5.91. The summed E-state index contributed by atoms with van der Waals surface area (Å²) in [6.45, 7) is 0.231. The van der Waals surface area contributed by atoms with E-state index in [1.54, 1.807) is 18.3 Å². The fourth-order valence-corrected chi connectivity index (χ4v) is 2.38. The number of ether oxygens (including phenoxy) is 2. The summed E-state index contributed by atoms with van der Waals surface area (Å²) in [5.74, 6) is 1.35. The van der Waals surface area contributed by atoms with E-state index in [0.717, 1.165) is 22.7 Å². The summed E-state index contributed by atoms with van der Waals surface area (Å²) in [4.78, 5) is 15.5. The van der Waals surface area contributed by atoms with E-state index in [1.807, 2.05) is 24.3 Å². The maximum absolute atomic E-state index is 11.1. The Balaban J connectivity index is 1.60. The van der Waals surface area contributed by atoms with Crippen LogP contribution in [0.5, 0.6) is 11.5 Å². The van der Waals surface area contributed by atoms with Gasteiger partial charge in [0.2, 0.25) is 6.79 Å². The zero-order chi connectivity index (χ0) is 16.5. The molecular weight excluding hydrogens is 310 g/mol. The maximum Gasteiger partial charge on any atom is 0.266 e. The van der Waals surface area contributed by atoms with Gasteiger partial charge < -0.3 is 20.5 Å². The average Bonchev–Trinajstić information content (AvgIpc) is 3.23. The first-order valence-electron chi connectivity index (χ1n) is 7.17. The second-order valence-corrected chi connectivity index (χ2v) is 5.15. The highest BCUT2D eigenvalue weighted by Crippen LogP contribution is 2.35. The van der Waals surface area contributed by atoms with Gasteiger partial charge in [-0.1, -0.05) is 0 Å². The molecule has 1 aliphatic rings. The average molecular weight is 323 g/mol. The molecule has 0 radical (unpaired) electrons. The summed E-state index contributed by atoms with van der Waals surface area (Å²) < 4.78 is 10.7. The highest BCUT2D eigenvalue weighted by Gasteiger charge is 2.14. The van der Waals surface area contributed by atoms with Crippen LogP contribution in [0.25, 0.3) is 11.3 Å². The van der Waals surface area contributed by atoms with Crippen LogP contribution in [0.2, 0.25) is 0 Å². The number of aromatic amines is 1. The molecule has 8 nitrogen and oxygen atoms in total. The summed E-state index contributed by atoms with van der Waals surface area (Å²) in [5.41, 5.74) is 7.88. The molecule has 0 bridgehead atoms. The van der Waals surface area contributed by atoms with E-state index in [9.17, 15) is 4.79 Å². The second-order valence-electron chi connectivity index (χ2n) is 5.15. The molecule has 0 saturated carbocycles. The van der Waals surface area contributed by atoms with E-state index in [4.69, 9.17) is 15.2 Å². The van der Waals surface area contributed by atoms with E-state index < -0.39 is 5.91 Å². The van der Waals surface area contributed by atoms with Crippen molar-refractivity contribution in [3.05, 3.63) is 48.3 Å². The predicted molar refractivity (Wildman–Crippen MR) is 86.2 cm³/mol. The molecule has 0 unspecified atom stereocenters. The van der Waals surface area contributed by atoms with E-state index in [-0.39, 0.29) is 12.5 Å². The SMILES string of the molecule is NC(=O)c1cc(Nc2ccnc(-c3ccc4c(c3)OCO4)c2)n[nH]1. The summed E-state index contributed by atoms with van der Waals surface area (Å²) in [6, 6.07) is 10.9. The standard InChI is InChI=1S/C16H13N5O3/c17-16(22)12-7-15(21-20-12)19-10-3-4-18-11(6-10)9-1-2-13-14(5-9)24-8-23-13/h1-7H,8H2,(H2,17,22)(H2,18,19,20,21). The Labute approximate surface area is 136 Å². The number of nitrogens with zero attached hydrogens (tertiary/aromatic N) is 2. The van der Waals surface area contributed by atoms with E-state index in [0.29, 0.717) is 11.6 Å². The lowest BCUT2D eigenvalue weighted by atomic mass is 10.1. The van der Waals surface area contributed by atoms with Crippen molar-refractivity contribution >= 4 is 17.4 Å². The largest absolute Gasteiger partial charge is 0.454 e. The third-order valence-electron chi connectivity index (χ3n) is 3.54. The number of anilines is 2. The maximum atomic E-state index is 11.1. The number of carbonyl (C=O) groups is 1. The van der Waals surface area contributed by atoms with Crippen LogP contribution >= 0.6 is 0 Å². The van der Waals surface area contributed by atoms with Crippen LogP contribution in [-0.4, -0.2) is 27.9 Å². The number of pyridine rings is 1. The van der Waals surface area contributed by atoms with Crippen molar-refractivity contribution in [2.45, 2.75) is 0 Å². The van der Waals surface area contributed by atoms with E-state index in [1.165, 1.54) is 0 Å². The number of hydrogen-bond acceptors (Lipinski definition) is 6. The number of hydrogen-bond donors (Lipinski definition) is 3. The number of H-pyrrole nitrogens is 1. The molecule has 0 fully saturated rings. The third kappa shape index (κ3) is 2.60. The number of nitrogens with two attached hydrogens (primary N) is 1. The van der Waals surface area contributed by atoms with Gasteiger partial charge in [0.25, 0.3) is 5.91 Å². The normalized spacial score (nSPS) is 12.2. The number of nitrogens with one attached hydrogen (secondary N) is 2. The topological polar surface area (TPSA) is 115 Å². The van der Waals surface area contributed by atoms with Gasteiger partial charge in [0.1, 0.15) is 5.69 Å². The first-order valence-corrected chi connectivity index (χ1v) is 7.17. The Morgan fingerprint density at radius 1 is 1.17 bits per heavy atom. The molecule has 0 saturated heterocycles. The van der Waals surface area contributed by atoms with Gasteiger partial charge in [0.05, 0.1) is 5.69 Å². The Morgan fingerprint density at radius 2 is 2.04 bits per heavy atom. The van der Waals surface area contributed by atoms with Gasteiger partial charge in [-0.3, -0.25) is 14.9 Å². The lowest BCUT2D eigenvalue weighted by Crippen LogP contribution is -2.10. The van der Waals surface area contributed by atoms with Crippen LogP contribution in [0.15, 0.2) is 42.6 Å². The van der Waals surface area contributed by atoms with Crippen LogP contribution in [0.3, 0.4) is 0 Å². The molecule has 0 atom stereocenters. The first-order chi connectivity index (χ1) is 11.7. The van der Waals surface area contributed by atoms with Crippen molar-refractivity contribution in [3.8, 4) is 22.8 Å². The molecule has 2 aromatic heterocycles. The fraction of sp³-hybridized carbons (Fsp3) is 0.0625. The summed E-state index contributed by atoms with van der Waals surface area (Å²) in [6.07, 6.45) is 1.68. The number of benzene rings is 1. The summed E-state index contributed by atoms with van der Waals surface area (Å²) in [7, 11) is 0. The van der Waals surface area contributed by atoms with Gasteiger partial charge in [-0.25, -0.2) is 0 Å². The molecule has 1 amide bonds. The van der Waals surface area contributed by atoms with Crippen molar-refractivity contribution < 1.29 is 14.3 Å². The number of amides is 1. The summed E-state index contributed by atoms with van der Waals surface area (Å²) >= 11 is 0. The van der Waals surface area contributed by atoms with Crippen LogP contribution in [0.4, 0.5) is 11.5 Å². The van der Waals surface area contributed by atoms with Crippen molar-refractivity contribution in [1.29, 1.82) is 0 Å². The highest BCUT2D eigenvalue weighted by atomic mass is 16.7. The monoisotopic (exact) mass is 323 g/mol. The number of primary amides is 1. The van der Waals surface area contributed by atoms with Gasteiger partial charge in [-0.15, -0.1) is 0 Å². The molecule has 0 spiro atoms. The van der Waals surface area contributed by atoms with Crippen LogP contribution in [-0.2, 0) is 0 Å². The zero-order valence-corrected chi connectivity index (χ0v) is 12.4. The number of fused-ring (bicyclic) bond motifs is 1. The molecule has 24 heavy (non-hydrogen) atoms. The molecule has 3 aromatic rings. The fourth-order valence-electron chi connectivity index (χ4n) is 2.38. The quantitative estimate of drug-likeness (QED) is 0.677. The van der Waals surface area contributed by atoms with Crippen molar-refractivity contribution in [1.82, 2.24) is 15.2 Å². The van der Waals surface area contributed by atoms with Gasteiger partial charge in [-0.2, -0.15) is 5.10 Å². The molecular formula is C16H13N5O3. The van der Waals surface area contributed by atoms with E-state index in [2.05, 4.69) is 20.5 Å². The predicted octanol–water partition coefficient (Wildman–Crippen LogP) is 2.04. The zero-order valence-electron chi connectivity index (χ0n) is 12.4. The van der Waals surface area contributed by atoms with Crippen molar-refractivity contribution in [2.24, 2.45) is 5.73 Å². The third-order valence-corrected chi connectivity index (χ3v) is 3.54. The molecule has 1 aromatic carbocycles. The van der Waals surface area contributed by atoms with Gasteiger partial charge in [0, 0.05) is 23.5 Å². The van der Waals surface area contributed by atoms with E-state index >= 15 is 0 Å². The van der Waals surface area contributed by atoms with Crippen LogP contribution in [0.1, 0.15) is 10.5 Å². The minimum atomic E-state index is -0.564. The van der Waals surface area contributed by atoms with Crippen molar-refractivity contribution in [3.63, 3.8) is 0 Å². The van der Waals surface area contributed by atoms with Crippen LogP contribution < -0.4 is 20.5 Å². The van der Waals surface area contributed by atoms with Crippen molar-refractivity contribution in [2.75, 3.05) is 12.1 Å². The molecule has 8 heteroatoms. The van der Waals surface area contributed by atoms with Crippen LogP contribution in [0, 0.1) is 0 Å². The smallest absolute Gasteiger partial charge is 0.266 e. The Bertz CT molecular complexity index is 922.